The predicted molar refractivity (Wildman–Crippen MR) is 101 cm³/mol. The van der Waals surface area contributed by atoms with E-state index in [1.54, 1.807) is 34.5 Å². The SMILES string of the molecule is Cc1ccc(Cl)c(OCC(=O)N2CCN(S(=O)(=O)c3cccs3)CC2)c1. The molecule has 0 radical (unpaired) electrons. The van der Waals surface area contributed by atoms with Gasteiger partial charge in [-0.2, -0.15) is 4.31 Å². The second-order valence-corrected chi connectivity index (χ2v) is 9.46. The Morgan fingerprint density at radius 1 is 1.23 bits per heavy atom. The van der Waals surface area contributed by atoms with E-state index in [9.17, 15) is 13.2 Å². The Morgan fingerprint density at radius 2 is 1.96 bits per heavy atom. The Morgan fingerprint density at radius 3 is 2.62 bits per heavy atom. The second kappa shape index (κ2) is 7.96. The molecule has 1 saturated heterocycles. The van der Waals surface area contributed by atoms with Crippen molar-refractivity contribution >= 4 is 38.9 Å². The molecule has 1 aliphatic heterocycles. The van der Waals surface area contributed by atoms with E-state index in [0.29, 0.717) is 28.1 Å². The number of aryl methyl sites for hydroxylation is 1. The smallest absolute Gasteiger partial charge is 0.260 e. The van der Waals surface area contributed by atoms with E-state index >= 15 is 0 Å². The zero-order valence-electron chi connectivity index (χ0n) is 14.2. The van der Waals surface area contributed by atoms with E-state index in [1.165, 1.54) is 15.6 Å². The molecule has 1 aromatic heterocycles. The first-order valence-electron chi connectivity index (χ1n) is 8.08. The van der Waals surface area contributed by atoms with Crippen molar-refractivity contribution in [3.63, 3.8) is 0 Å². The summed E-state index contributed by atoms with van der Waals surface area (Å²) in [4.78, 5) is 14.0. The van der Waals surface area contributed by atoms with Crippen LogP contribution in [0, 0.1) is 6.92 Å². The van der Waals surface area contributed by atoms with Gasteiger partial charge in [-0.15, -0.1) is 11.3 Å². The number of amides is 1. The fraction of sp³-hybridized carbons (Fsp3) is 0.353. The summed E-state index contributed by atoms with van der Waals surface area (Å²) in [6.45, 7) is 3.02. The summed E-state index contributed by atoms with van der Waals surface area (Å²) in [6, 6.07) is 8.68. The maximum absolute atomic E-state index is 12.5. The fourth-order valence-electron chi connectivity index (χ4n) is 2.67. The monoisotopic (exact) mass is 414 g/mol. The standard InChI is InChI=1S/C17H19ClN2O4S2/c1-13-4-5-14(18)15(11-13)24-12-16(21)19-6-8-20(9-7-19)26(22,23)17-3-2-10-25-17/h2-5,10-11H,6-9,12H2,1H3. The van der Waals surface area contributed by atoms with Crippen molar-refractivity contribution in [2.75, 3.05) is 32.8 Å². The third kappa shape index (κ3) is 4.20. The Kier molecular flexibility index (Phi) is 5.86. The van der Waals surface area contributed by atoms with Crippen molar-refractivity contribution in [3.8, 4) is 5.75 Å². The number of nitrogens with zero attached hydrogens (tertiary/aromatic N) is 2. The van der Waals surface area contributed by atoms with Crippen LogP contribution in [0.25, 0.3) is 0 Å². The first kappa shape index (κ1) is 19.2. The molecule has 26 heavy (non-hydrogen) atoms. The van der Waals surface area contributed by atoms with Gasteiger partial charge in [-0.05, 0) is 36.1 Å². The predicted octanol–water partition coefficient (Wildman–Crippen LogP) is 2.62. The van der Waals surface area contributed by atoms with Crippen molar-refractivity contribution in [3.05, 3.63) is 46.3 Å². The van der Waals surface area contributed by atoms with Crippen molar-refractivity contribution in [1.82, 2.24) is 9.21 Å². The molecule has 3 rings (SSSR count). The number of rotatable bonds is 5. The number of hydrogen-bond donors (Lipinski definition) is 0. The van der Waals surface area contributed by atoms with Crippen LogP contribution in [0.15, 0.2) is 39.9 Å². The van der Waals surface area contributed by atoms with Crippen LogP contribution < -0.4 is 4.74 Å². The van der Waals surface area contributed by atoms with Gasteiger partial charge in [0.25, 0.3) is 15.9 Å². The third-order valence-corrected chi connectivity index (χ3v) is 7.70. The molecule has 0 aliphatic carbocycles. The van der Waals surface area contributed by atoms with Crippen LogP contribution in [0.4, 0.5) is 0 Å². The van der Waals surface area contributed by atoms with E-state index in [-0.39, 0.29) is 25.6 Å². The summed E-state index contributed by atoms with van der Waals surface area (Å²) in [5.74, 6) is 0.287. The molecule has 9 heteroatoms. The fourth-order valence-corrected chi connectivity index (χ4v) is 5.41. The van der Waals surface area contributed by atoms with Crippen LogP contribution in [0.3, 0.4) is 0 Å². The van der Waals surface area contributed by atoms with Gasteiger partial charge in [0.15, 0.2) is 6.61 Å². The largest absolute Gasteiger partial charge is 0.482 e. The molecule has 2 heterocycles. The molecule has 1 aromatic carbocycles. The number of benzene rings is 1. The molecule has 1 amide bonds. The van der Waals surface area contributed by atoms with Crippen LogP contribution in [-0.2, 0) is 14.8 Å². The second-order valence-electron chi connectivity index (χ2n) is 5.94. The van der Waals surface area contributed by atoms with Crippen LogP contribution in [0.5, 0.6) is 5.75 Å². The number of sulfonamides is 1. The van der Waals surface area contributed by atoms with Gasteiger partial charge in [0.2, 0.25) is 0 Å². The van der Waals surface area contributed by atoms with Crippen LogP contribution >= 0.6 is 22.9 Å². The minimum atomic E-state index is -3.47. The number of hydrogen-bond acceptors (Lipinski definition) is 5. The van der Waals surface area contributed by atoms with Gasteiger partial charge < -0.3 is 9.64 Å². The number of halogens is 1. The van der Waals surface area contributed by atoms with Gasteiger partial charge in [0.05, 0.1) is 5.02 Å². The number of thiophene rings is 1. The normalized spacial score (nSPS) is 15.8. The van der Waals surface area contributed by atoms with E-state index in [1.807, 2.05) is 13.0 Å². The number of carbonyl (C=O) groups is 1. The first-order chi connectivity index (χ1) is 12.4. The lowest BCUT2D eigenvalue weighted by atomic mass is 10.2. The Labute approximate surface area is 162 Å². The summed E-state index contributed by atoms with van der Waals surface area (Å²) >= 11 is 7.26. The summed E-state index contributed by atoms with van der Waals surface area (Å²) in [5.41, 5.74) is 0.990. The molecular weight excluding hydrogens is 396 g/mol. The van der Waals surface area contributed by atoms with Crippen molar-refractivity contribution < 1.29 is 17.9 Å². The molecule has 0 N–H and O–H groups in total. The van der Waals surface area contributed by atoms with Crippen LogP contribution in [0.1, 0.15) is 5.56 Å². The average molecular weight is 415 g/mol. The molecule has 0 spiro atoms. The molecule has 140 valence electrons. The lowest BCUT2D eigenvalue weighted by Gasteiger charge is -2.33. The number of piperazine rings is 1. The minimum absolute atomic E-state index is 0.124. The molecule has 2 aromatic rings. The lowest BCUT2D eigenvalue weighted by Crippen LogP contribution is -2.51. The van der Waals surface area contributed by atoms with Crippen LogP contribution in [0.2, 0.25) is 5.02 Å². The highest BCUT2D eigenvalue weighted by molar-refractivity contribution is 7.91. The summed E-state index contributed by atoms with van der Waals surface area (Å²) in [6.07, 6.45) is 0. The number of carbonyl (C=O) groups excluding carboxylic acids is 1. The zero-order valence-corrected chi connectivity index (χ0v) is 16.6. The van der Waals surface area contributed by atoms with Gasteiger partial charge in [-0.1, -0.05) is 23.7 Å². The maximum Gasteiger partial charge on any atom is 0.260 e. The molecule has 0 bridgehead atoms. The first-order valence-corrected chi connectivity index (χ1v) is 10.8. The Balaban J connectivity index is 1.55. The molecule has 0 unspecified atom stereocenters. The van der Waals surface area contributed by atoms with Gasteiger partial charge in [-0.3, -0.25) is 4.79 Å². The molecule has 6 nitrogen and oxygen atoms in total. The van der Waals surface area contributed by atoms with Gasteiger partial charge >= 0.3 is 0 Å². The average Bonchev–Trinajstić information content (AvgIpc) is 3.18. The number of ether oxygens (including phenoxy) is 1. The summed E-state index contributed by atoms with van der Waals surface area (Å²) in [5, 5.41) is 2.19. The molecule has 1 aliphatic rings. The zero-order chi connectivity index (χ0) is 18.7. The maximum atomic E-state index is 12.5. The van der Waals surface area contributed by atoms with Gasteiger partial charge in [0, 0.05) is 26.2 Å². The molecule has 1 fully saturated rings. The Bertz CT molecular complexity index is 876. The van der Waals surface area contributed by atoms with E-state index in [2.05, 4.69) is 0 Å². The summed E-state index contributed by atoms with van der Waals surface area (Å²) in [7, 11) is -3.47. The quantitative estimate of drug-likeness (QED) is 0.754. The van der Waals surface area contributed by atoms with Crippen molar-refractivity contribution in [2.45, 2.75) is 11.1 Å². The molecule has 0 atom stereocenters. The molecule has 0 saturated carbocycles. The van der Waals surface area contributed by atoms with E-state index < -0.39 is 10.0 Å². The highest BCUT2D eigenvalue weighted by Gasteiger charge is 2.30. The third-order valence-electron chi connectivity index (χ3n) is 4.12. The minimum Gasteiger partial charge on any atom is -0.482 e. The highest BCUT2D eigenvalue weighted by Crippen LogP contribution is 2.25. The van der Waals surface area contributed by atoms with Crippen LogP contribution in [-0.4, -0.2) is 56.3 Å². The van der Waals surface area contributed by atoms with Crippen molar-refractivity contribution in [1.29, 1.82) is 0 Å². The van der Waals surface area contributed by atoms with E-state index in [4.69, 9.17) is 16.3 Å². The molecular formula is C17H19ClN2O4S2. The van der Waals surface area contributed by atoms with E-state index in [0.717, 1.165) is 5.56 Å². The van der Waals surface area contributed by atoms with Crippen molar-refractivity contribution in [2.24, 2.45) is 0 Å². The topological polar surface area (TPSA) is 66.9 Å². The highest BCUT2D eigenvalue weighted by atomic mass is 35.5. The Hall–Kier alpha value is -1.61. The van der Waals surface area contributed by atoms with Gasteiger partial charge in [0.1, 0.15) is 9.96 Å². The summed E-state index contributed by atoms with van der Waals surface area (Å²) < 4.78 is 32.3. The lowest BCUT2D eigenvalue weighted by molar-refractivity contribution is -0.134. The van der Waals surface area contributed by atoms with Gasteiger partial charge in [-0.25, -0.2) is 8.42 Å².